The fraction of sp³-hybridized carbons (Fsp3) is 0.556. The number of carbonyl (C=O) groups is 1. The molecule has 70 valence electrons. The van der Waals surface area contributed by atoms with Crippen molar-refractivity contribution >= 4 is 5.78 Å². The van der Waals surface area contributed by atoms with E-state index in [0.717, 1.165) is 18.8 Å². The molecule has 0 aromatic carbocycles. The Balaban J connectivity index is 2.19. The molecule has 0 aliphatic carbocycles. The van der Waals surface area contributed by atoms with Gasteiger partial charge in [-0.05, 0) is 6.07 Å². The van der Waals surface area contributed by atoms with Crippen LogP contribution in [-0.2, 0) is 11.8 Å². The highest BCUT2D eigenvalue weighted by Crippen LogP contribution is 2.17. The van der Waals surface area contributed by atoms with Gasteiger partial charge in [0.1, 0.15) is 5.78 Å². The Morgan fingerprint density at radius 1 is 1.69 bits per heavy atom. The van der Waals surface area contributed by atoms with Crippen LogP contribution in [0.2, 0.25) is 0 Å². The molecule has 4 heteroatoms. The second-order valence-corrected chi connectivity index (χ2v) is 3.39. The number of aromatic nitrogens is 2. The van der Waals surface area contributed by atoms with Gasteiger partial charge in [-0.3, -0.25) is 9.48 Å². The molecule has 1 unspecified atom stereocenters. The molecule has 1 saturated heterocycles. The summed E-state index contributed by atoms with van der Waals surface area (Å²) in [5, 5.41) is 7.44. The topological polar surface area (TPSA) is 46.9 Å². The number of hydrogen-bond donors (Lipinski definition) is 1. The average Bonchev–Trinajstić information content (AvgIpc) is 2.53. The van der Waals surface area contributed by atoms with Gasteiger partial charge < -0.3 is 5.32 Å². The van der Waals surface area contributed by atoms with Crippen LogP contribution in [0.4, 0.5) is 0 Å². The molecule has 1 aromatic heterocycles. The van der Waals surface area contributed by atoms with Gasteiger partial charge >= 0.3 is 0 Å². The number of carbonyl (C=O) groups excluding carboxylic acids is 1. The molecular formula is C9H13N3O. The van der Waals surface area contributed by atoms with Gasteiger partial charge in [0.2, 0.25) is 0 Å². The molecule has 2 rings (SSSR count). The minimum atomic E-state index is -0.0325. The van der Waals surface area contributed by atoms with Gasteiger partial charge in [0.15, 0.2) is 0 Å². The summed E-state index contributed by atoms with van der Waals surface area (Å²) in [6, 6.07) is 1.91. The third kappa shape index (κ3) is 1.62. The van der Waals surface area contributed by atoms with E-state index in [0.29, 0.717) is 12.2 Å². The standard InChI is InChI=1S/C9H13N3O/c1-12-5-3-8(11-12)7-6-10-4-2-9(7)13/h3,5,7,10H,2,4,6H2,1H3. The van der Waals surface area contributed by atoms with Gasteiger partial charge in [-0.15, -0.1) is 0 Å². The zero-order chi connectivity index (χ0) is 9.26. The number of hydrogen-bond acceptors (Lipinski definition) is 3. The number of nitrogens with zero attached hydrogens (tertiary/aromatic N) is 2. The predicted molar refractivity (Wildman–Crippen MR) is 48.4 cm³/mol. The average molecular weight is 179 g/mol. The first kappa shape index (κ1) is 8.44. The second kappa shape index (κ2) is 3.30. The van der Waals surface area contributed by atoms with Gasteiger partial charge in [0, 0.05) is 32.8 Å². The normalized spacial score (nSPS) is 23.5. The van der Waals surface area contributed by atoms with E-state index in [1.165, 1.54) is 0 Å². The van der Waals surface area contributed by atoms with Crippen LogP contribution >= 0.6 is 0 Å². The number of Topliss-reactive ketones (excluding diaryl/α,β-unsaturated/α-hetero) is 1. The highest BCUT2D eigenvalue weighted by molar-refractivity contribution is 5.86. The summed E-state index contributed by atoms with van der Waals surface area (Å²) in [7, 11) is 1.87. The van der Waals surface area contributed by atoms with E-state index in [-0.39, 0.29) is 5.92 Å². The SMILES string of the molecule is Cn1ccc(C2CNCCC2=O)n1. The monoisotopic (exact) mass is 179 g/mol. The van der Waals surface area contributed by atoms with Crippen LogP contribution in [0.3, 0.4) is 0 Å². The summed E-state index contributed by atoms with van der Waals surface area (Å²) in [4.78, 5) is 11.5. The van der Waals surface area contributed by atoms with Gasteiger partial charge in [0.25, 0.3) is 0 Å². The third-order valence-electron chi connectivity index (χ3n) is 2.38. The lowest BCUT2D eigenvalue weighted by atomic mass is 9.95. The fourth-order valence-electron chi connectivity index (χ4n) is 1.63. The Morgan fingerprint density at radius 2 is 2.54 bits per heavy atom. The van der Waals surface area contributed by atoms with E-state index < -0.39 is 0 Å². The first-order valence-electron chi connectivity index (χ1n) is 4.50. The van der Waals surface area contributed by atoms with Crippen LogP contribution in [0, 0.1) is 0 Å². The molecule has 1 N–H and O–H groups in total. The number of piperidine rings is 1. The minimum absolute atomic E-state index is 0.0325. The molecular weight excluding hydrogens is 166 g/mol. The predicted octanol–water partition coefficient (Wildman–Crippen LogP) is 0.0661. The Labute approximate surface area is 76.9 Å². The lowest BCUT2D eigenvalue weighted by Crippen LogP contribution is -2.35. The Bertz CT molecular complexity index is 318. The molecule has 0 radical (unpaired) electrons. The van der Waals surface area contributed by atoms with Crippen molar-refractivity contribution in [1.29, 1.82) is 0 Å². The Morgan fingerprint density at radius 3 is 3.15 bits per heavy atom. The fourth-order valence-corrected chi connectivity index (χ4v) is 1.63. The van der Waals surface area contributed by atoms with Crippen LogP contribution < -0.4 is 5.32 Å². The quantitative estimate of drug-likeness (QED) is 0.663. The number of nitrogens with one attached hydrogen (secondary N) is 1. The van der Waals surface area contributed by atoms with E-state index in [9.17, 15) is 4.79 Å². The number of rotatable bonds is 1. The van der Waals surface area contributed by atoms with Crippen molar-refractivity contribution in [2.75, 3.05) is 13.1 Å². The highest BCUT2D eigenvalue weighted by Gasteiger charge is 2.25. The maximum Gasteiger partial charge on any atom is 0.144 e. The van der Waals surface area contributed by atoms with Gasteiger partial charge in [0.05, 0.1) is 11.6 Å². The van der Waals surface area contributed by atoms with Crippen molar-refractivity contribution in [2.45, 2.75) is 12.3 Å². The first-order chi connectivity index (χ1) is 6.27. The lowest BCUT2D eigenvalue weighted by Gasteiger charge is -2.19. The molecule has 1 aromatic rings. The van der Waals surface area contributed by atoms with E-state index in [1.807, 2.05) is 19.3 Å². The lowest BCUT2D eigenvalue weighted by molar-refractivity contribution is -0.121. The van der Waals surface area contributed by atoms with Gasteiger partial charge in [-0.25, -0.2) is 0 Å². The summed E-state index contributed by atoms with van der Waals surface area (Å²) >= 11 is 0. The highest BCUT2D eigenvalue weighted by atomic mass is 16.1. The van der Waals surface area contributed by atoms with Crippen molar-refractivity contribution in [1.82, 2.24) is 15.1 Å². The molecule has 2 heterocycles. The molecule has 0 spiro atoms. The zero-order valence-electron chi connectivity index (χ0n) is 7.66. The van der Waals surface area contributed by atoms with Crippen molar-refractivity contribution < 1.29 is 4.79 Å². The van der Waals surface area contributed by atoms with Gasteiger partial charge in [-0.1, -0.05) is 0 Å². The van der Waals surface area contributed by atoms with Crippen LogP contribution in [0.25, 0.3) is 0 Å². The second-order valence-electron chi connectivity index (χ2n) is 3.39. The number of ketones is 1. The molecule has 1 atom stereocenters. The van der Waals surface area contributed by atoms with Crippen molar-refractivity contribution in [3.63, 3.8) is 0 Å². The molecule has 1 aliphatic rings. The summed E-state index contributed by atoms with van der Waals surface area (Å²) in [5.74, 6) is 0.271. The molecule has 0 saturated carbocycles. The van der Waals surface area contributed by atoms with E-state index in [4.69, 9.17) is 0 Å². The third-order valence-corrected chi connectivity index (χ3v) is 2.38. The smallest absolute Gasteiger partial charge is 0.144 e. The maximum absolute atomic E-state index is 11.5. The number of aryl methyl sites for hydroxylation is 1. The molecule has 0 amide bonds. The van der Waals surface area contributed by atoms with E-state index >= 15 is 0 Å². The van der Waals surface area contributed by atoms with E-state index in [1.54, 1.807) is 4.68 Å². The van der Waals surface area contributed by atoms with Crippen molar-refractivity contribution in [3.8, 4) is 0 Å². The van der Waals surface area contributed by atoms with E-state index in [2.05, 4.69) is 10.4 Å². The van der Waals surface area contributed by atoms with Crippen molar-refractivity contribution in [3.05, 3.63) is 18.0 Å². The van der Waals surface area contributed by atoms with Gasteiger partial charge in [-0.2, -0.15) is 5.10 Å². The summed E-state index contributed by atoms with van der Waals surface area (Å²) in [5.41, 5.74) is 0.889. The van der Waals surface area contributed by atoms with Crippen LogP contribution in [0.15, 0.2) is 12.3 Å². The molecule has 1 aliphatic heterocycles. The maximum atomic E-state index is 11.5. The largest absolute Gasteiger partial charge is 0.315 e. The Hall–Kier alpha value is -1.16. The Kier molecular flexibility index (Phi) is 2.14. The first-order valence-corrected chi connectivity index (χ1v) is 4.50. The summed E-state index contributed by atoms with van der Waals surface area (Å²) < 4.78 is 1.73. The zero-order valence-corrected chi connectivity index (χ0v) is 7.66. The summed E-state index contributed by atoms with van der Waals surface area (Å²) in [6.07, 6.45) is 2.50. The van der Waals surface area contributed by atoms with Crippen LogP contribution in [0.1, 0.15) is 18.0 Å². The summed E-state index contributed by atoms with van der Waals surface area (Å²) in [6.45, 7) is 1.54. The van der Waals surface area contributed by atoms with Crippen molar-refractivity contribution in [2.24, 2.45) is 7.05 Å². The molecule has 4 nitrogen and oxygen atoms in total. The minimum Gasteiger partial charge on any atom is -0.315 e. The molecule has 0 bridgehead atoms. The molecule has 1 fully saturated rings. The van der Waals surface area contributed by atoms with Crippen LogP contribution in [-0.4, -0.2) is 28.7 Å². The molecule has 13 heavy (non-hydrogen) atoms. The van der Waals surface area contributed by atoms with Crippen LogP contribution in [0.5, 0.6) is 0 Å².